The highest BCUT2D eigenvalue weighted by Gasteiger charge is 2.44. The predicted molar refractivity (Wildman–Crippen MR) is 106 cm³/mol. The summed E-state index contributed by atoms with van der Waals surface area (Å²) in [6, 6.07) is -1.03. The van der Waals surface area contributed by atoms with E-state index < -0.39 is 29.8 Å². The van der Waals surface area contributed by atoms with Gasteiger partial charge in [0.25, 0.3) is 0 Å². The van der Waals surface area contributed by atoms with Gasteiger partial charge in [-0.1, -0.05) is 17.7 Å². The first-order chi connectivity index (χ1) is 13.6. The molecule has 0 aromatic heterocycles. The van der Waals surface area contributed by atoms with Gasteiger partial charge in [-0.05, 0) is 39.0 Å². The lowest BCUT2D eigenvalue weighted by molar-refractivity contribution is -0.142. The molecule has 2 unspecified atom stereocenters. The maximum atomic E-state index is 12.5. The summed E-state index contributed by atoms with van der Waals surface area (Å²) in [5.74, 6) is -0.237. The largest absolute Gasteiger partial charge is 0.497 e. The fraction of sp³-hybridized carbons (Fsp3) is 0.550. The fourth-order valence-corrected chi connectivity index (χ4v) is 3.73. The number of carbonyl (C=O) groups is 2. The van der Waals surface area contributed by atoms with Crippen molar-refractivity contribution in [1.82, 2.24) is 4.90 Å². The van der Waals surface area contributed by atoms with Gasteiger partial charge in [0.15, 0.2) is 5.90 Å². The van der Waals surface area contributed by atoms with Crippen molar-refractivity contribution in [1.29, 1.82) is 0 Å². The van der Waals surface area contributed by atoms with Gasteiger partial charge in [-0.3, -0.25) is 4.90 Å². The standard InChI is InChI=1S/C20H25ClN2O6/c1-20(2,3)29-19(26)23-10-13(9-15(23)18(24)25)28-17-14-6-5-12(27-4)7-11(14)8-16(21)22-17/h5-8,11,13-15H,9-10H2,1-4H3,(H,24,25)/t11?,13-,14?,15+/m1/s1. The molecule has 0 radical (unpaired) electrons. The van der Waals surface area contributed by atoms with E-state index in [4.69, 9.17) is 25.8 Å². The highest BCUT2D eigenvalue weighted by molar-refractivity contribution is 6.30. The topological polar surface area (TPSA) is 97.7 Å². The van der Waals surface area contributed by atoms with Gasteiger partial charge >= 0.3 is 12.1 Å². The minimum absolute atomic E-state index is 0.0754. The summed E-state index contributed by atoms with van der Waals surface area (Å²) in [6.45, 7) is 5.28. The molecule has 9 heteroatoms. The summed E-state index contributed by atoms with van der Waals surface area (Å²) < 4.78 is 16.6. The Morgan fingerprint density at radius 2 is 2.03 bits per heavy atom. The van der Waals surface area contributed by atoms with E-state index in [0.29, 0.717) is 11.1 Å². The van der Waals surface area contributed by atoms with Crippen molar-refractivity contribution in [3.63, 3.8) is 0 Å². The molecule has 1 aliphatic carbocycles. The highest BCUT2D eigenvalue weighted by Crippen LogP contribution is 2.34. The second-order valence-corrected chi connectivity index (χ2v) is 8.52. The SMILES string of the molecule is COC1=CC2C=C(Cl)N=C(O[C@@H]3C[C@@H](C(=O)O)N(C(=O)OC(C)(C)C)C3)C2C=C1. The van der Waals surface area contributed by atoms with Crippen LogP contribution in [0.5, 0.6) is 0 Å². The molecule has 0 spiro atoms. The average Bonchev–Trinajstić information content (AvgIpc) is 3.04. The number of carbonyl (C=O) groups excluding carboxylic acids is 1. The van der Waals surface area contributed by atoms with Gasteiger partial charge in [-0.25, -0.2) is 14.6 Å². The quantitative estimate of drug-likeness (QED) is 0.698. The van der Waals surface area contributed by atoms with Gasteiger partial charge in [0.1, 0.15) is 28.7 Å². The van der Waals surface area contributed by atoms with E-state index in [-0.39, 0.29) is 24.8 Å². The zero-order valence-corrected chi connectivity index (χ0v) is 17.5. The lowest BCUT2D eigenvalue weighted by atomic mass is 9.86. The van der Waals surface area contributed by atoms with E-state index >= 15 is 0 Å². The monoisotopic (exact) mass is 424 g/mol. The first kappa shape index (κ1) is 21.2. The van der Waals surface area contributed by atoms with Crippen molar-refractivity contribution >= 4 is 29.6 Å². The van der Waals surface area contributed by atoms with E-state index in [1.54, 1.807) is 27.9 Å². The summed E-state index contributed by atoms with van der Waals surface area (Å²) in [5.41, 5.74) is -0.726. The predicted octanol–water partition coefficient (Wildman–Crippen LogP) is 3.29. The molecule has 158 valence electrons. The molecule has 3 rings (SSSR count). The van der Waals surface area contributed by atoms with Crippen molar-refractivity contribution in [2.75, 3.05) is 13.7 Å². The van der Waals surface area contributed by atoms with Crippen LogP contribution in [0, 0.1) is 11.8 Å². The number of rotatable bonds is 3. The second kappa shape index (κ2) is 8.10. The smallest absolute Gasteiger partial charge is 0.411 e. The summed E-state index contributed by atoms with van der Waals surface area (Å²) in [7, 11) is 1.59. The summed E-state index contributed by atoms with van der Waals surface area (Å²) >= 11 is 6.16. The number of likely N-dealkylation sites (tertiary alicyclic amines) is 1. The van der Waals surface area contributed by atoms with Crippen LogP contribution in [0.1, 0.15) is 27.2 Å². The molecular weight excluding hydrogens is 400 g/mol. The molecule has 4 atom stereocenters. The molecule has 0 aromatic rings. The zero-order valence-electron chi connectivity index (χ0n) is 16.8. The molecule has 2 aliphatic heterocycles. The zero-order chi connectivity index (χ0) is 21.3. The summed E-state index contributed by atoms with van der Waals surface area (Å²) in [5, 5.41) is 9.83. The van der Waals surface area contributed by atoms with E-state index in [2.05, 4.69) is 4.99 Å². The number of aliphatic imine (C=N–C) groups is 1. The Kier molecular flexibility index (Phi) is 5.93. The lowest BCUT2D eigenvalue weighted by Crippen LogP contribution is -2.43. The van der Waals surface area contributed by atoms with Crippen molar-refractivity contribution in [3.05, 3.63) is 35.2 Å². The molecule has 29 heavy (non-hydrogen) atoms. The molecular formula is C20H25ClN2O6. The van der Waals surface area contributed by atoms with Crippen LogP contribution in [-0.4, -0.2) is 59.4 Å². The number of ether oxygens (including phenoxy) is 3. The van der Waals surface area contributed by atoms with E-state index in [0.717, 1.165) is 5.76 Å². The van der Waals surface area contributed by atoms with Gasteiger partial charge in [0.2, 0.25) is 0 Å². The van der Waals surface area contributed by atoms with Crippen molar-refractivity contribution < 1.29 is 28.9 Å². The molecule has 8 nitrogen and oxygen atoms in total. The van der Waals surface area contributed by atoms with Gasteiger partial charge in [0.05, 0.1) is 19.6 Å². The van der Waals surface area contributed by atoms with Gasteiger partial charge in [-0.15, -0.1) is 0 Å². The third-order valence-electron chi connectivity index (χ3n) is 4.77. The Balaban J connectivity index is 1.74. The summed E-state index contributed by atoms with van der Waals surface area (Å²) in [6.07, 6.45) is 6.40. The molecule has 1 saturated heterocycles. The third-order valence-corrected chi connectivity index (χ3v) is 4.98. The molecule has 0 saturated carbocycles. The number of carboxylic acids is 1. The van der Waals surface area contributed by atoms with Crippen LogP contribution in [0.4, 0.5) is 4.79 Å². The van der Waals surface area contributed by atoms with Crippen molar-refractivity contribution in [3.8, 4) is 0 Å². The Hall–Kier alpha value is -2.48. The number of halogens is 1. The lowest BCUT2D eigenvalue weighted by Gasteiger charge is -2.29. The number of carboxylic acid groups (broad SMARTS) is 1. The van der Waals surface area contributed by atoms with Crippen LogP contribution in [0.3, 0.4) is 0 Å². The Bertz CT molecular complexity index is 810. The van der Waals surface area contributed by atoms with E-state index in [9.17, 15) is 14.7 Å². The minimum Gasteiger partial charge on any atom is -0.497 e. The first-order valence-electron chi connectivity index (χ1n) is 9.36. The van der Waals surface area contributed by atoms with Crippen molar-refractivity contribution in [2.24, 2.45) is 16.8 Å². The normalized spacial score (nSPS) is 28.7. The van der Waals surface area contributed by atoms with Gasteiger partial charge in [0, 0.05) is 12.3 Å². The average molecular weight is 425 g/mol. The minimum atomic E-state index is -1.10. The number of fused-ring (bicyclic) bond motifs is 1. The van der Waals surface area contributed by atoms with Crippen LogP contribution in [-0.2, 0) is 19.0 Å². The van der Waals surface area contributed by atoms with Crippen LogP contribution in [0.2, 0.25) is 0 Å². The molecule has 1 amide bonds. The third kappa shape index (κ3) is 4.93. The van der Waals surface area contributed by atoms with Crippen LogP contribution in [0.15, 0.2) is 40.2 Å². The molecule has 0 bridgehead atoms. The van der Waals surface area contributed by atoms with Crippen LogP contribution >= 0.6 is 11.6 Å². The Morgan fingerprint density at radius 1 is 1.31 bits per heavy atom. The number of nitrogens with zero attached hydrogens (tertiary/aromatic N) is 2. The number of hydrogen-bond acceptors (Lipinski definition) is 6. The van der Waals surface area contributed by atoms with Crippen LogP contribution in [0.25, 0.3) is 0 Å². The summed E-state index contributed by atoms with van der Waals surface area (Å²) in [4.78, 5) is 29.6. The molecule has 3 aliphatic rings. The van der Waals surface area contributed by atoms with Crippen molar-refractivity contribution in [2.45, 2.75) is 44.9 Å². The number of amides is 1. The number of allylic oxidation sites excluding steroid dienone is 3. The second-order valence-electron chi connectivity index (χ2n) is 8.14. The molecule has 1 N–H and O–H groups in total. The maximum absolute atomic E-state index is 12.5. The van der Waals surface area contributed by atoms with Crippen LogP contribution < -0.4 is 0 Å². The number of aliphatic carboxylic acids is 1. The van der Waals surface area contributed by atoms with E-state index in [1.807, 2.05) is 24.3 Å². The first-order valence-corrected chi connectivity index (χ1v) is 9.74. The highest BCUT2D eigenvalue weighted by atomic mass is 35.5. The maximum Gasteiger partial charge on any atom is 0.411 e. The Labute approximate surface area is 174 Å². The fourth-order valence-electron chi connectivity index (χ4n) is 3.50. The molecule has 0 aromatic carbocycles. The Morgan fingerprint density at radius 3 is 2.66 bits per heavy atom. The van der Waals surface area contributed by atoms with Gasteiger partial charge < -0.3 is 19.3 Å². The van der Waals surface area contributed by atoms with E-state index in [1.165, 1.54) is 4.90 Å². The number of methoxy groups -OCH3 is 1. The molecule has 1 fully saturated rings. The number of hydrogen-bond donors (Lipinski definition) is 1. The molecule has 2 heterocycles. The van der Waals surface area contributed by atoms with Gasteiger partial charge in [-0.2, -0.15) is 0 Å².